The zero-order valence-corrected chi connectivity index (χ0v) is 15.5. The molecule has 0 spiro atoms. The third kappa shape index (κ3) is 3.11. The summed E-state index contributed by atoms with van der Waals surface area (Å²) >= 11 is 0. The summed E-state index contributed by atoms with van der Waals surface area (Å²) in [4.78, 5) is 0.100. The van der Waals surface area contributed by atoms with Crippen LogP contribution in [-0.4, -0.2) is 40.9 Å². The van der Waals surface area contributed by atoms with Gasteiger partial charge in [0.25, 0.3) is 0 Å². The summed E-state index contributed by atoms with van der Waals surface area (Å²) in [7, 11) is 0.818. The summed E-state index contributed by atoms with van der Waals surface area (Å²) in [5.74, 6) is 1.36. The van der Waals surface area contributed by atoms with Crippen LogP contribution in [0.4, 0.5) is 0 Å². The third-order valence-corrected chi connectivity index (χ3v) is 6.00. The Bertz CT molecular complexity index is 912. The number of benzene rings is 2. The molecule has 0 saturated carbocycles. The van der Waals surface area contributed by atoms with Crippen LogP contribution in [0, 0.1) is 0 Å². The average molecular weight is 379 g/mol. The van der Waals surface area contributed by atoms with E-state index in [1.165, 1.54) is 27.4 Å². The fourth-order valence-electron chi connectivity index (χ4n) is 3.23. The highest BCUT2D eigenvalue weighted by Gasteiger charge is 2.36. The Morgan fingerprint density at radius 1 is 1.00 bits per heavy atom. The lowest BCUT2D eigenvalue weighted by molar-refractivity contribution is 0.131. The standard InChI is InChI=1S/C18H21NO6S/c1-23-14-9-8-11(17(24-2)18(14)25-3)10-13-16(20)12-6-4-5-7-15(12)26(21,22)19-13/h4-9,13,16,19-20H,10H2,1-3H3/t13-,16-/m1/s1. The van der Waals surface area contributed by atoms with E-state index in [4.69, 9.17) is 14.2 Å². The molecule has 1 aliphatic rings. The molecule has 0 unspecified atom stereocenters. The van der Waals surface area contributed by atoms with E-state index >= 15 is 0 Å². The molecule has 0 amide bonds. The van der Waals surface area contributed by atoms with Crippen molar-refractivity contribution in [1.82, 2.24) is 4.72 Å². The maximum absolute atomic E-state index is 12.5. The first kappa shape index (κ1) is 18.5. The van der Waals surface area contributed by atoms with Gasteiger partial charge >= 0.3 is 0 Å². The monoisotopic (exact) mass is 379 g/mol. The zero-order chi connectivity index (χ0) is 18.9. The second-order valence-electron chi connectivity index (χ2n) is 5.91. The molecule has 0 saturated heterocycles. The molecular formula is C18H21NO6S. The number of sulfonamides is 1. The number of methoxy groups -OCH3 is 3. The van der Waals surface area contributed by atoms with Crippen molar-refractivity contribution in [1.29, 1.82) is 0 Å². The van der Waals surface area contributed by atoms with Gasteiger partial charge in [-0.15, -0.1) is 0 Å². The van der Waals surface area contributed by atoms with Crippen molar-refractivity contribution >= 4 is 10.0 Å². The third-order valence-electron chi connectivity index (χ3n) is 4.44. The van der Waals surface area contributed by atoms with Crippen LogP contribution >= 0.6 is 0 Å². The zero-order valence-electron chi connectivity index (χ0n) is 14.7. The van der Waals surface area contributed by atoms with Crippen molar-refractivity contribution in [2.45, 2.75) is 23.5 Å². The smallest absolute Gasteiger partial charge is 0.241 e. The van der Waals surface area contributed by atoms with Gasteiger partial charge in [0.2, 0.25) is 15.8 Å². The Hall–Kier alpha value is -2.29. The second kappa shape index (κ2) is 7.14. The minimum Gasteiger partial charge on any atom is -0.493 e. The van der Waals surface area contributed by atoms with Gasteiger partial charge in [-0.1, -0.05) is 24.3 Å². The minimum atomic E-state index is -3.70. The van der Waals surface area contributed by atoms with Crippen LogP contribution in [0.3, 0.4) is 0 Å². The van der Waals surface area contributed by atoms with Crippen LogP contribution in [0.2, 0.25) is 0 Å². The van der Waals surface area contributed by atoms with E-state index in [2.05, 4.69) is 4.72 Å². The van der Waals surface area contributed by atoms with Crippen LogP contribution in [0.5, 0.6) is 17.2 Å². The van der Waals surface area contributed by atoms with Crippen molar-refractivity contribution in [3.8, 4) is 17.2 Å². The van der Waals surface area contributed by atoms with E-state index in [1.807, 2.05) is 0 Å². The van der Waals surface area contributed by atoms with Crippen LogP contribution in [-0.2, 0) is 16.4 Å². The molecule has 2 atom stereocenters. The maximum atomic E-state index is 12.5. The molecule has 140 valence electrons. The number of rotatable bonds is 5. The molecule has 0 aliphatic carbocycles. The fourth-order valence-corrected chi connectivity index (χ4v) is 4.72. The Balaban J connectivity index is 2.00. The number of hydrogen-bond donors (Lipinski definition) is 2. The van der Waals surface area contributed by atoms with Crippen LogP contribution in [0.15, 0.2) is 41.3 Å². The molecule has 26 heavy (non-hydrogen) atoms. The summed E-state index contributed by atoms with van der Waals surface area (Å²) in [6.07, 6.45) is -0.759. The summed E-state index contributed by atoms with van der Waals surface area (Å²) in [5, 5.41) is 10.7. The summed E-state index contributed by atoms with van der Waals surface area (Å²) in [5.41, 5.74) is 1.08. The highest BCUT2D eigenvalue weighted by atomic mass is 32.2. The average Bonchev–Trinajstić information content (AvgIpc) is 2.65. The molecule has 0 radical (unpaired) electrons. The van der Waals surface area contributed by atoms with E-state index in [0.717, 1.165) is 0 Å². The van der Waals surface area contributed by atoms with Gasteiger partial charge in [0, 0.05) is 5.56 Å². The highest BCUT2D eigenvalue weighted by Crippen LogP contribution is 2.41. The largest absolute Gasteiger partial charge is 0.493 e. The number of aliphatic hydroxyl groups is 1. The van der Waals surface area contributed by atoms with Gasteiger partial charge in [0.05, 0.1) is 38.4 Å². The van der Waals surface area contributed by atoms with E-state index in [-0.39, 0.29) is 11.3 Å². The Morgan fingerprint density at radius 2 is 1.69 bits per heavy atom. The van der Waals surface area contributed by atoms with Crippen molar-refractivity contribution in [2.24, 2.45) is 0 Å². The molecule has 1 aliphatic heterocycles. The lowest BCUT2D eigenvalue weighted by atomic mass is 9.95. The molecule has 0 bridgehead atoms. The van der Waals surface area contributed by atoms with Gasteiger partial charge in [-0.3, -0.25) is 0 Å². The van der Waals surface area contributed by atoms with E-state index in [0.29, 0.717) is 28.4 Å². The van der Waals surface area contributed by atoms with Crippen molar-refractivity contribution < 1.29 is 27.7 Å². The van der Waals surface area contributed by atoms with Crippen molar-refractivity contribution in [2.75, 3.05) is 21.3 Å². The quantitative estimate of drug-likeness (QED) is 0.820. The van der Waals surface area contributed by atoms with Crippen molar-refractivity contribution in [3.05, 3.63) is 47.5 Å². The minimum absolute atomic E-state index is 0.100. The SMILES string of the molecule is COc1ccc(C[C@H]2NS(=O)(=O)c3ccccc3[C@H]2O)c(OC)c1OC. The maximum Gasteiger partial charge on any atom is 0.241 e. The first-order chi connectivity index (χ1) is 12.4. The predicted octanol–water partition coefficient (Wildman–Crippen LogP) is 1.65. The molecule has 0 fully saturated rings. The molecule has 3 rings (SSSR count). The lowest BCUT2D eigenvalue weighted by Gasteiger charge is -2.31. The van der Waals surface area contributed by atoms with Gasteiger partial charge in [-0.05, 0) is 24.1 Å². The van der Waals surface area contributed by atoms with E-state index in [9.17, 15) is 13.5 Å². The number of hydrogen-bond acceptors (Lipinski definition) is 6. The van der Waals surface area contributed by atoms with Crippen LogP contribution in [0.1, 0.15) is 17.2 Å². The van der Waals surface area contributed by atoms with Gasteiger partial charge in [-0.2, -0.15) is 0 Å². The van der Waals surface area contributed by atoms with Gasteiger partial charge in [0.1, 0.15) is 0 Å². The van der Waals surface area contributed by atoms with Crippen LogP contribution in [0.25, 0.3) is 0 Å². The number of nitrogens with one attached hydrogen (secondary N) is 1. The first-order valence-electron chi connectivity index (χ1n) is 8.00. The highest BCUT2D eigenvalue weighted by molar-refractivity contribution is 7.89. The van der Waals surface area contributed by atoms with Gasteiger partial charge in [0.15, 0.2) is 11.5 Å². The Kier molecular flexibility index (Phi) is 5.08. The molecule has 1 heterocycles. The first-order valence-corrected chi connectivity index (χ1v) is 9.48. The summed E-state index contributed by atoms with van der Waals surface area (Å²) in [6.45, 7) is 0. The second-order valence-corrected chi connectivity index (χ2v) is 7.59. The van der Waals surface area contributed by atoms with Gasteiger partial charge in [-0.25, -0.2) is 13.1 Å². The normalized spacial score (nSPS) is 20.9. The number of ether oxygens (including phenoxy) is 3. The molecule has 2 aromatic rings. The predicted molar refractivity (Wildman–Crippen MR) is 95.3 cm³/mol. The molecule has 8 heteroatoms. The molecular weight excluding hydrogens is 358 g/mol. The summed E-state index contributed by atoms with van der Waals surface area (Å²) in [6, 6.07) is 9.18. The van der Waals surface area contributed by atoms with E-state index < -0.39 is 22.2 Å². The van der Waals surface area contributed by atoms with Crippen LogP contribution < -0.4 is 18.9 Å². The fraction of sp³-hybridized carbons (Fsp3) is 0.333. The number of aliphatic hydroxyl groups excluding tert-OH is 1. The van der Waals surface area contributed by atoms with E-state index in [1.54, 1.807) is 30.3 Å². The number of fused-ring (bicyclic) bond motifs is 1. The lowest BCUT2D eigenvalue weighted by Crippen LogP contribution is -2.45. The topological polar surface area (TPSA) is 94.1 Å². The molecule has 0 aromatic heterocycles. The van der Waals surface area contributed by atoms with Crippen molar-refractivity contribution in [3.63, 3.8) is 0 Å². The Morgan fingerprint density at radius 3 is 2.35 bits per heavy atom. The summed E-state index contributed by atoms with van der Waals surface area (Å²) < 4.78 is 43.6. The Labute approximate surface area is 152 Å². The van der Waals surface area contributed by atoms with Gasteiger partial charge < -0.3 is 19.3 Å². The molecule has 7 nitrogen and oxygen atoms in total. The molecule has 2 N–H and O–H groups in total. The molecule has 2 aromatic carbocycles.